The van der Waals surface area contributed by atoms with E-state index < -0.39 is 261 Å². The van der Waals surface area contributed by atoms with Gasteiger partial charge in [0.2, 0.25) is 0 Å². The first-order chi connectivity index (χ1) is 37.5. The van der Waals surface area contributed by atoms with Crippen LogP contribution in [0.4, 0.5) is 0 Å². The minimum Gasteiger partial charge on any atom is -0.394 e. The molecule has 0 aromatic carbocycles. The van der Waals surface area contributed by atoms with Crippen molar-refractivity contribution in [3.8, 4) is 0 Å². The molecule has 0 aromatic rings. The number of hydrogen-bond acceptors (Lipinski definition) is 36. The average Bonchev–Trinajstić information content (AvgIpc) is 3.50. The van der Waals surface area contributed by atoms with Gasteiger partial charge in [-0.2, -0.15) is 0 Å². The Morgan fingerprint density at radius 3 is 0.582 bits per heavy atom. The summed E-state index contributed by atoms with van der Waals surface area (Å²) in [5.74, 6) is 0. The Balaban J connectivity index is 0.946. The molecule has 36 nitrogen and oxygen atoms in total. The van der Waals surface area contributed by atoms with Crippen molar-refractivity contribution in [1.29, 1.82) is 0 Å². The minimum absolute atomic E-state index is 0.707. The van der Waals surface area contributed by atoms with Crippen LogP contribution in [0.25, 0.3) is 0 Å². The molecule has 35 atom stereocenters. The molecule has 7 rings (SSSR count). The second-order valence-electron chi connectivity index (χ2n) is 19.8. The van der Waals surface area contributed by atoms with Crippen LogP contribution in [-0.4, -0.2) is 381 Å². The van der Waals surface area contributed by atoms with Crippen LogP contribution in [0.5, 0.6) is 0 Å². The predicted octanol–water partition coefficient (Wildman–Crippen LogP) is -15.6. The molecule has 1 unspecified atom stereocenters. The Kier molecular flexibility index (Phi) is 23.2. The summed E-state index contributed by atoms with van der Waals surface area (Å²) >= 11 is 0. The molecular weight excluding hydrogens is 1090 g/mol. The van der Waals surface area contributed by atoms with Crippen LogP contribution in [0.1, 0.15) is 0 Å². The van der Waals surface area contributed by atoms with Gasteiger partial charge in [-0.3, -0.25) is 0 Å². The van der Waals surface area contributed by atoms with E-state index in [2.05, 4.69) is 0 Å². The molecule has 0 aromatic heterocycles. The van der Waals surface area contributed by atoms with E-state index in [1.54, 1.807) is 0 Å². The average molecular weight is 1170 g/mol. The maximum atomic E-state index is 11.3. The van der Waals surface area contributed by atoms with Crippen molar-refractivity contribution >= 4 is 0 Å². The Morgan fingerprint density at radius 1 is 0.228 bits per heavy atom. The Morgan fingerprint density at radius 2 is 0.392 bits per heavy atom. The van der Waals surface area contributed by atoms with Crippen molar-refractivity contribution in [2.24, 2.45) is 0 Å². The molecule has 0 aliphatic carbocycles. The highest BCUT2D eigenvalue weighted by Gasteiger charge is 2.58. The van der Waals surface area contributed by atoms with Gasteiger partial charge in [0, 0.05) is 7.11 Å². The van der Waals surface area contributed by atoms with E-state index in [1.807, 2.05) is 0 Å². The zero-order valence-electron chi connectivity index (χ0n) is 41.7. The highest BCUT2D eigenvalue weighted by Crippen LogP contribution is 2.38. The lowest BCUT2D eigenvalue weighted by Gasteiger charge is -2.50. The van der Waals surface area contributed by atoms with Gasteiger partial charge in [-0.25, -0.2) is 0 Å². The first kappa shape index (κ1) is 65.1. The lowest BCUT2D eigenvalue weighted by molar-refractivity contribution is -0.398. The summed E-state index contributed by atoms with van der Waals surface area (Å²) in [6.45, 7) is -6.67. The van der Waals surface area contributed by atoms with Gasteiger partial charge in [-0.15, -0.1) is 0 Å². The standard InChI is InChI=1S/C43H74O36/c1-66-30-9(2-44)68-38(24(59)17(30)52)75-32-11(4-46)70-40(26(61)19(32)54)77-34-13(6-48)72-42(28(63)21(34)56)79-36-15(8-50)73-43(29(64)22(36)57)78-35-14(7-49)71-41(27(62)20(35)55)76-33-12(5-47)69-39(25(60)18(33)53)74-31-10(3-45)67-37(65)23(58)16(31)51/h9-65H,2-8H2,1H3/t9-,10-,11-,12-,13-,14-,15-,16-,17-,18-,19-,20-,21-,22-,23-,24-,25-,26-,27-,28-,29-,30-,31-,32-,33-,34-,35-,36-,37?,38-,39-,40-,41-,42-,43-/m1/s1. The van der Waals surface area contributed by atoms with E-state index in [-0.39, 0.29) is 0 Å². The van der Waals surface area contributed by atoms with Crippen LogP contribution in [0.3, 0.4) is 0 Å². The maximum absolute atomic E-state index is 11.3. The first-order valence-electron chi connectivity index (χ1n) is 25.0. The third-order valence-electron chi connectivity index (χ3n) is 14.8. The zero-order chi connectivity index (χ0) is 58.1. The number of ether oxygens (including phenoxy) is 14. The van der Waals surface area contributed by atoms with Crippen LogP contribution >= 0.6 is 0 Å². The molecule has 0 radical (unpaired) electrons. The van der Waals surface area contributed by atoms with Gasteiger partial charge in [-0.1, -0.05) is 0 Å². The number of aliphatic hydroxyl groups excluding tert-OH is 22. The summed E-state index contributed by atoms with van der Waals surface area (Å²) in [6.07, 6.45) is -65.9. The number of rotatable bonds is 20. The fourth-order valence-corrected chi connectivity index (χ4v) is 10.3. The summed E-state index contributed by atoms with van der Waals surface area (Å²) in [6, 6.07) is 0. The molecule has 0 spiro atoms. The summed E-state index contributed by atoms with van der Waals surface area (Å²) in [5.41, 5.74) is 0. The molecule has 79 heavy (non-hydrogen) atoms. The molecule has 7 saturated heterocycles. The molecule has 462 valence electrons. The fraction of sp³-hybridized carbons (Fsp3) is 1.00. The van der Waals surface area contributed by atoms with E-state index >= 15 is 0 Å². The monoisotopic (exact) mass is 1170 g/mol. The van der Waals surface area contributed by atoms with Gasteiger partial charge in [0.15, 0.2) is 44.0 Å². The highest BCUT2D eigenvalue weighted by molar-refractivity contribution is 5.01. The van der Waals surface area contributed by atoms with Crippen LogP contribution in [0.2, 0.25) is 0 Å². The van der Waals surface area contributed by atoms with Crippen LogP contribution < -0.4 is 0 Å². The van der Waals surface area contributed by atoms with E-state index in [9.17, 15) is 112 Å². The molecular formula is C43H74O36. The lowest BCUT2D eigenvalue weighted by atomic mass is 9.95. The Labute approximate surface area is 446 Å². The molecule has 22 N–H and O–H groups in total. The van der Waals surface area contributed by atoms with Crippen LogP contribution in [-0.2, 0) is 66.3 Å². The second-order valence-corrected chi connectivity index (χ2v) is 19.8. The lowest BCUT2D eigenvalue weighted by Crippen LogP contribution is -2.68. The predicted molar refractivity (Wildman–Crippen MR) is 237 cm³/mol. The van der Waals surface area contributed by atoms with Gasteiger partial charge >= 0.3 is 0 Å². The maximum Gasteiger partial charge on any atom is 0.187 e. The number of hydrogen-bond donors (Lipinski definition) is 22. The molecule has 0 bridgehead atoms. The summed E-state index contributed by atoms with van der Waals surface area (Å²) in [5, 5.41) is 234. The van der Waals surface area contributed by atoms with Gasteiger partial charge in [0.05, 0.1) is 46.2 Å². The number of methoxy groups -OCH3 is 1. The van der Waals surface area contributed by atoms with Crippen molar-refractivity contribution in [2.75, 3.05) is 53.4 Å². The highest BCUT2D eigenvalue weighted by atomic mass is 16.8. The zero-order valence-corrected chi connectivity index (χ0v) is 41.7. The van der Waals surface area contributed by atoms with Crippen molar-refractivity contribution in [3.05, 3.63) is 0 Å². The SMILES string of the molecule is CO[C@H]1[C@H](O)[C@@H](O)[C@@H](O[C@H]2[C@H](O)[C@@H](O)[C@@H](O[C@H]3[C@H](O)[C@@H](O)[C@@H](O[C@H]4[C@H](O)[C@@H](O)[C@@H](O[C@H]5[C@H](O)[C@@H](O)[C@@H](O[C@H]6[C@H](O)[C@@H](O)[C@@H](O[C@H]7[C@H](O)[C@@H](O)C(O)O[C@@H]7CO)O[C@@H]6CO)O[C@@H]5CO)O[C@@H]4CO)O[C@@H]3CO)O[C@@H]2CO)O[C@@H]1CO. The largest absolute Gasteiger partial charge is 0.394 e. The van der Waals surface area contributed by atoms with Crippen molar-refractivity contribution in [2.45, 2.75) is 215 Å². The molecule has 0 amide bonds. The normalized spacial score (nSPS) is 53.0. The summed E-state index contributed by atoms with van der Waals surface area (Å²) in [7, 11) is 1.18. The van der Waals surface area contributed by atoms with Gasteiger partial charge in [0.25, 0.3) is 0 Å². The molecule has 7 heterocycles. The number of aliphatic hydroxyl groups is 22. The Hall–Kier alpha value is -1.44. The quantitative estimate of drug-likeness (QED) is 0.0538. The topological polar surface area (TPSA) is 574 Å². The molecule has 36 heteroatoms. The summed E-state index contributed by atoms with van der Waals surface area (Å²) in [4.78, 5) is 0. The van der Waals surface area contributed by atoms with E-state index in [4.69, 9.17) is 66.3 Å². The van der Waals surface area contributed by atoms with Gasteiger partial charge in [-0.05, 0) is 0 Å². The first-order valence-corrected chi connectivity index (χ1v) is 25.0. The minimum atomic E-state index is -2.22. The van der Waals surface area contributed by atoms with E-state index in [0.29, 0.717) is 0 Å². The van der Waals surface area contributed by atoms with Crippen LogP contribution in [0.15, 0.2) is 0 Å². The van der Waals surface area contributed by atoms with Crippen molar-refractivity contribution in [1.82, 2.24) is 0 Å². The van der Waals surface area contributed by atoms with E-state index in [1.165, 1.54) is 7.11 Å². The summed E-state index contributed by atoms with van der Waals surface area (Å²) < 4.78 is 77.5. The Bertz CT molecular complexity index is 1820. The third kappa shape index (κ3) is 13.3. The van der Waals surface area contributed by atoms with E-state index in [0.717, 1.165) is 0 Å². The molecule has 0 saturated carbocycles. The second kappa shape index (κ2) is 28.2. The smallest absolute Gasteiger partial charge is 0.187 e. The van der Waals surface area contributed by atoms with Crippen molar-refractivity contribution < 1.29 is 179 Å². The van der Waals surface area contributed by atoms with Crippen LogP contribution in [0, 0.1) is 0 Å². The molecule has 7 aliphatic heterocycles. The fourth-order valence-electron chi connectivity index (χ4n) is 10.3. The third-order valence-corrected chi connectivity index (χ3v) is 14.8. The van der Waals surface area contributed by atoms with Crippen molar-refractivity contribution in [3.63, 3.8) is 0 Å². The molecule has 7 aliphatic rings. The van der Waals surface area contributed by atoms with Gasteiger partial charge in [0.1, 0.15) is 171 Å². The molecule has 7 fully saturated rings. The van der Waals surface area contributed by atoms with Gasteiger partial charge < -0.3 is 179 Å².